The Morgan fingerprint density at radius 1 is 1.13 bits per heavy atom. The van der Waals surface area contributed by atoms with E-state index in [0.29, 0.717) is 23.3 Å². The van der Waals surface area contributed by atoms with Crippen molar-refractivity contribution in [1.82, 2.24) is 0 Å². The quantitative estimate of drug-likeness (QED) is 0.459. The van der Waals surface area contributed by atoms with E-state index < -0.39 is 5.97 Å². The van der Waals surface area contributed by atoms with Crippen molar-refractivity contribution in [2.75, 3.05) is 0 Å². The molecule has 0 bridgehead atoms. The number of ketones is 1. The highest BCUT2D eigenvalue weighted by molar-refractivity contribution is 6.06. The molecular formula is C20H26O3. The number of hydrogen-bond acceptors (Lipinski definition) is 3. The number of esters is 1. The molecule has 0 amide bonds. The fourth-order valence-corrected chi connectivity index (χ4v) is 3.28. The Kier molecular flexibility index (Phi) is 6.14. The second kappa shape index (κ2) is 8.09. The van der Waals surface area contributed by atoms with Gasteiger partial charge in [0.2, 0.25) is 0 Å². The zero-order chi connectivity index (χ0) is 16.8. The minimum atomic E-state index is -0.418. The molecule has 0 aromatic heterocycles. The lowest BCUT2D eigenvalue weighted by atomic mass is 9.75. The van der Waals surface area contributed by atoms with Gasteiger partial charge in [0.25, 0.3) is 0 Å². The summed E-state index contributed by atoms with van der Waals surface area (Å²) in [6, 6.07) is 8.92. The molecule has 1 saturated carbocycles. The van der Waals surface area contributed by atoms with Crippen molar-refractivity contribution in [3.63, 3.8) is 0 Å². The molecule has 3 unspecified atom stereocenters. The Morgan fingerprint density at radius 3 is 2.48 bits per heavy atom. The molecule has 3 atom stereocenters. The first-order valence-electron chi connectivity index (χ1n) is 8.45. The number of carbonyl (C=O) groups is 2. The van der Waals surface area contributed by atoms with Gasteiger partial charge in [-0.2, -0.15) is 0 Å². The molecule has 124 valence electrons. The molecule has 0 radical (unpaired) electrons. The van der Waals surface area contributed by atoms with Crippen LogP contribution in [0.25, 0.3) is 0 Å². The molecule has 0 aliphatic heterocycles. The van der Waals surface area contributed by atoms with E-state index in [1.54, 1.807) is 24.3 Å². The van der Waals surface area contributed by atoms with E-state index in [0.717, 1.165) is 12.8 Å². The van der Waals surface area contributed by atoms with E-state index >= 15 is 0 Å². The van der Waals surface area contributed by atoms with Crippen LogP contribution in [0, 0.1) is 17.8 Å². The van der Waals surface area contributed by atoms with Crippen molar-refractivity contribution in [3.05, 3.63) is 48.0 Å². The van der Waals surface area contributed by atoms with Gasteiger partial charge < -0.3 is 4.74 Å². The number of benzene rings is 1. The summed E-state index contributed by atoms with van der Waals surface area (Å²) in [6.07, 6.45) is 5.72. The third-order valence-corrected chi connectivity index (χ3v) is 4.66. The highest BCUT2D eigenvalue weighted by Gasteiger charge is 2.32. The van der Waals surface area contributed by atoms with Crippen molar-refractivity contribution < 1.29 is 14.3 Å². The first kappa shape index (κ1) is 17.5. The summed E-state index contributed by atoms with van der Waals surface area (Å²) in [6.45, 7) is 6.55. The van der Waals surface area contributed by atoms with Gasteiger partial charge >= 0.3 is 5.97 Å². The van der Waals surface area contributed by atoms with Crippen LogP contribution in [-0.2, 0) is 9.53 Å². The molecule has 1 aliphatic rings. The van der Waals surface area contributed by atoms with Gasteiger partial charge in [-0.25, -0.2) is 4.79 Å². The molecule has 1 aliphatic carbocycles. The van der Waals surface area contributed by atoms with E-state index in [4.69, 9.17) is 4.74 Å². The van der Waals surface area contributed by atoms with Crippen molar-refractivity contribution in [3.8, 4) is 0 Å². The first-order chi connectivity index (χ1) is 11.0. The smallest absolute Gasteiger partial charge is 0.331 e. The highest BCUT2D eigenvalue weighted by atomic mass is 16.5. The molecule has 1 aromatic rings. The van der Waals surface area contributed by atoms with Crippen LogP contribution in [0.2, 0.25) is 0 Å². The lowest BCUT2D eigenvalue weighted by molar-refractivity contribution is -0.149. The maximum atomic E-state index is 12.1. The Bertz CT molecular complexity index is 560. The van der Waals surface area contributed by atoms with Crippen LogP contribution in [0.1, 0.15) is 50.4 Å². The monoisotopic (exact) mass is 314 g/mol. The third-order valence-electron chi connectivity index (χ3n) is 4.66. The minimum absolute atomic E-state index is 0.0391. The van der Waals surface area contributed by atoms with Crippen LogP contribution in [0.15, 0.2) is 42.5 Å². The Balaban J connectivity index is 1.95. The van der Waals surface area contributed by atoms with Crippen LogP contribution in [0.5, 0.6) is 0 Å². The van der Waals surface area contributed by atoms with Crippen LogP contribution < -0.4 is 0 Å². The Morgan fingerprint density at radius 2 is 1.83 bits per heavy atom. The summed E-state index contributed by atoms with van der Waals surface area (Å²) >= 11 is 0. The molecule has 0 spiro atoms. The molecule has 0 saturated heterocycles. The van der Waals surface area contributed by atoms with Gasteiger partial charge in [0, 0.05) is 11.6 Å². The zero-order valence-corrected chi connectivity index (χ0v) is 14.2. The molecule has 2 rings (SSSR count). The maximum absolute atomic E-state index is 12.1. The topological polar surface area (TPSA) is 43.4 Å². The summed E-state index contributed by atoms with van der Waals surface area (Å²) < 4.78 is 5.64. The summed E-state index contributed by atoms with van der Waals surface area (Å²) in [5, 5.41) is 0. The average Bonchev–Trinajstić information content (AvgIpc) is 2.53. The van der Waals surface area contributed by atoms with E-state index in [1.807, 2.05) is 6.07 Å². The van der Waals surface area contributed by atoms with E-state index in [-0.39, 0.29) is 11.9 Å². The maximum Gasteiger partial charge on any atom is 0.331 e. The highest BCUT2D eigenvalue weighted by Crippen LogP contribution is 2.35. The Labute approximate surface area is 138 Å². The number of hydrogen-bond donors (Lipinski definition) is 0. The second-order valence-corrected chi connectivity index (χ2v) is 6.87. The minimum Gasteiger partial charge on any atom is -0.459 e. The molecular weight excluding hydrogens is 288 g/mol. The largest absolute Gasteiger partial charge is 0.459 e. The van der Waals surface area contributed by atoms with Crippen molar-refractivity contribution in [2.24, 2.45) is 17.8 Å². The number of rotatable bonds is 5. The second-order valence-electron chi connectivity index (χ2n) is 6.87. The third kappa shape index (κ3) is 5.05. The SMILES string of the molecule is CC1CCC(C(C)C)C(OC(=O)C=CC(=O)c2ccccc2)C1. The van der Waals surface area contributed by atoms with Crippen molar-refractivity contribution >= 4 is 11.8 Å². The fraction of sp³-hybridized carbons (Fsp3) is 0.500. The van der Waals surface area contributed by atoms with Crippen LogP contribution in [0.4, 0.5) is 0 Å². The van der Waals surface area contributed by atoms with Crippen LogP contribution in [0.3, 0.4) is 0 Å². The zero-order valence-electron chi connectivity index (χ0n) is 14.2. The fourth-order valence-electron chi connectivity index (χ4n) is 3.28. The number of ether oxygens (including phenoxy) is 1. The van der Waals surface area contributed by atoms with E-state index in [2.05, 4.69) is 20.8 Å². The summed E-state index contributed by atoms with van der Waals surface area (Å²) in [5.41, 5.74) is 0.572. The van der Waals surface area contributed by atoms with E-state index in [1.165, 1.54) is 18.6 Å². The molecule has 1 fully saturated rings. The van der Waals surface area contributed by atoms with Crippen LogP contribution in [-0.4, -0.2) is 17.9 Å². The lowest BCUT2D eigenvalue weighted by Gasteiger charge is -2.36. The van der Waals surface area contributed by atoms with Gasteiger partial charge in [0.15, 0.2) is 5.78 Å². The van der Waals surface area contributed by atoms with Gasteiger partial charge in [-0.15, -0.1) is 0 Å². The molecule has 0 heterocycles. The molecule has 1 aromatic carbocycles. The predicted molar refractivity (Wildman–Crippen MR) is 91.1 cm³/mol. The standard InChI is InChI=1S/C20H26O3/c1-14(2)17-10-9-15(3)13-19(17)23-20(22)12-11-18(21)16-7-5-4-6-8-16/h4-8,11-12,14-15,17,19H,9-10,13H2,1-3H3. The Hall–Kier alpha value is -1.90. The predicted octanol–water partition coefficient (Wildman–Crippen LogP) is 4.43. The van der Waals surface area contributed by atoms with Gasteiger partial charge in [-0.3, -0.25) is 4.79 Å². The molecule has 23 heavy (non-hydrogen) atoms. The molecule has 3 nitrogen and oxygen atoms in total. The normalized spacial score (nSPS) is 24.8. The van der Waals surface area contributed by atoms with Crippen molar-refractivity contribution in [2.45, 2.75) is 46.1 Å². The summed E-state index contributed by atoms with van der Waals surface area (Å²) in [7, 11) is 0. The summed E-state index contributed by atoms with van der Waals surface area (Å²) in [5.74, 6) is 0.889. The van der Waals surface area contributed by atoms with Gasteiger partial charge in [-0.05, 0) is 36.7 Å². The number of allylic oxidation sites excluding steroid dienone is 1. The molecule has 0 N–H and O–H groups in total. The van der Waals surface area contributed by atoms with Gasteiger partial charge in [0.05, 0.1) is 0 Å². The van der Waals surface area contributed by atoms with Crippen molar-refractivity contribution in [1.29, 1.82) is 0 Å². The van der Waals surface area contributed by atoms with Gasteiger partial charge in [-0.1, -0.05) is 57.5 Å². The van der Waals surface area contributed by atoms with Gasteiger partial charge in [0.1, 0.15) is 6.10 Å². The van der Waals surface area contributed by atoms with E-state index in [9.17, 15) is 9.59 Å². The molecule has 3 heteroatoms. The average molecular weight is 314 g/mol. The lowest BCUT2D eigenvalue weighted by Crippen LogP contribution is -2.35. The summed E-state index contributed by atoms with van der Waals surface area (Å²) in [4.78, 5) is 24.0. The first-order valence-corrected chi connectivity index (χ1v) is 8.45. The number of carbonyl (C=O) groups excluding carboxylic acids is 2. The van der Waals surface area contributed by atoms with Crippen LogP contribution >= 0.6 is 0 Å².